The summed E-state index contributed by atoms with van der Waals surface area (Å²) in [5.74, 6) is 0.0856. The van der Waals surface area contributed by atoms with Gasteiger partial charge in [0.2, 0.25) is 11.9 Å². The van der Waals surface area contributed by atoms with Crippen molar-refractivity contribution in [2.24, 2.45) is 0 Å². The normalized spacial score (nSPS) is 16.5. The predicted molar refractivity (Wildman–Crippen MR) is 135 cm³/mol. The van der Waals surface area contributed by atoms with Gasteiger partial charge in [0.05, 0.1) is 23.0 Å². The van der Waals surface area contributed by atoms with Crippen LogP contribution in [0.1, 0.15) is 47.3 Å². The fourth-order valence-corrected chi connectivity index (χ4v) is 4.70. The molecule has 36 heavy (non-hydrogen) atoms. The van der Waals surface area contributed by atoms with E-state index in [2.05, 4.69) is 25.6 Å². The zero-order chi connectivity index (χ0) is 25.1. The van der Waals surface area contributed by atoms with Crippen molar-refractivity contribution in [3.05, 3.63) is 70.6 Å². The van der Waals surface area contributed by atoms with E-state index in [1.807, 2.05) is 31.2 Å². The van der Waals surface area contributed by atoms with Gasteiger partial charge in [-0.25, -0.2) is 9.97 Å². The van der Waals surface area contributed by atoms with Gasteiger partial charge in [-0.3, -0.25) is 14.6 Å². The topological polar surface area (TPSA) is 109 Å². The number of fused-ring (bicyclic) bond motifs is 1. The fraction of sp³-hybridized carbons (Fsp3) is 0.346. The zero-order valence-corrected chi connectivity index (χ0v) is 20.7. The first kappa shape index (κ1) is 24.1. The lowest BCUT2D eigenvalue weighted by atomic mass is 10.0. The molecule has 1 aromatic carbocycles. The fourth-order valence-electron chi connectivity index (χ4n) is 4.50. The van der Waals surface area contributed by atoms with Crippen LogP contribution in [-0.2, 0) is 16.1 Å². The summed E-state index contributed by atoms with van der Waals surface area (Å²) in [6, 6.07) is 9.35. The smallest absolute Gasteiger partial charge is 0.254 e. The summed E-state index contributed by atoms with van der Waals surface area (Å²) >= 11 is 6.43. The Hall–Kier alpha value is -3.56. The molecule has 2 aliphatic heterocycles. The number of carbonyl (C=O) groups excluding carboxylic acids is 2. The number of rotatable bonds is 7. The Morgan fingerprint density at radius 2 is 2.00 bits per heavy atom. The molecule has 1 atom stereocenters. The maximum absolute atomic E-state index is 13.1. The third kappa shape index (κ3) is 5.32. The van der Waals surface area contributed by atoms with Gasteiger partial charge in [0.1, 0.15) is 6.54 Å². The molecule has 10 heteroatoms. The van der Waals surface area contributed by atoms with Crippen LogP contribution in [0.3, 0.4) is 0 Å². The maximum atomic E-state index is 13.1. The van der Waals surface area contributed by atoms with Crippen LogP contribution >= 0.6 is 11.6 Å². The van der Waals surface area contributed by atoms with Crippen molar-refractivity contribution in [1.82, 2.24) is 25.2 Å². The number of aromatic nitrogens is 3. The number of halogens is 1. The second-order valence-electron chi connectivity index (χ2n) is 9.02. The first-order chi connectivity index (χ1) is 17.5. The molecule has 1 unspecified atom stereocenters. The highest BCUT2D eigenvalue weighted by Crippen LogP contribution is 2.31. The van der Waals surface area contributed by atoms with Crippen molar-refractivity contribution in [2.45, 2.75) is 38.4 Å². The van der Waals surface area contributed by atoms with Gasteiger partial charge in [-0.05, 0) is 49.1 Å². The Bertz CT molecular complexity index is 1270. The van der Waals surface area contributed by atoms with Gasteiger partial charge in [0.25, 0.3) is 5.91 Å². The number of pyridine rings is 1. The molecule has 0 bridgehead atoms. The molecule has 0 spiro atoms. The Kier molecular flexibility index (Phi) is 7.11. The molecule has 2 N–H and O–H groups in total. The second-order valence-corrected chi connectivity index (χ2v) is 9.43. The lowest BCUT2D eigenvalue weighted by Gasteiger charge is -2.23. The summed E-state index contributed by atoms with van der Waals surface area (Å²) in [5, 5.41) is 6.70. The molecule has 1 saturated heterocycles. The van der Waals surface area contributed by atoms with Crippen LogP contribution in [0, 0.1) is 0 Å². The van der Waals surface area contributed by atoms with Crippen LogP contribution in [-0.4, -0.2) is 57.5 Å². The van der Waals surface area contributed by atoms with Crippen LogP contribution < -0.4 is 10.6 Å². The maximum Gasteiger partial charge on any atom is 0.254 e. The Balaban J connectivity index is 1.28. The number of nitrogens with zero attached hydrogens (tertiary/aromatic N) is 4. The SMILES string of the molecule is CC(NC(=O)CN1Cc2ccc(-c3nc(NC4CCOCC4)ncc3Cl)cc2C1=O)c1ccncc1. The van der Waals surface area contributed by atoms with Gasteiger partial charge in [-0.1, -0.05) is 23.7 Å². The van der Waals surface area contributed by atoms with Crippen molar-refractivity contribution in [3.63, 3.8) is 0 Å². The van der Waals surface area contributed by atoms with Gasteiger partial charge < -0.3 is 20.3 Å². The van der Waals surface area contributed by atoms with Crippen LogP contribution in [0.5, 0.6) is 0 Å². The van der Waals surface area contributed by atoms with E-state index in [-0.39, 0.29) is 30.4 Å². The van der Waals surface area contributed by atoms with E-state index >= 15 is 0 Å². The summed E-state index contributed by atoms with van der Waals surface area (Å²) < 4.78 is 5.41. The minimum Gasteiger partial charge on any atom is -0.381 e. The van der Waals surface area contributed by atoms with Crippen molar-refractivity contribution in [1.29, 1.82) is 0 Å². The highest BCUT2D eigenvalue weighted by atomic mass is 35.5. The van der Waals surface area contributed by atoms with Crippen molar-refractivity contribution in [3.8, 4) is 11.3 Å². The van der Waals surface area contributed by atoms with Crippen LogP contribution in [0.15, 0.2) is 48.9 Å². The molecule has 1 fully saturated rings. The molecule has 4 heterocycles. The standard InChI is InChI=1S/C26H27ClN6O3/c1-16(17-4-8-28-9-5-17)30-23(34)15-33-14-19-3-2-18(12-21(19)25(33)35)24-22(27)13-29-26(32-24)31-20-6-10-36-11-7-20/h2-5,8-9,12-13,16,20H,6-7,10-11,14-15H2,1H3,(H,30,34)(H,29,31,32). The predicted octanol–water partition coefficient (Wildman–Crippen LogP) is 3.62. The van der Waals surface area contributed by atoms with Gasteiger partial charge in [0.15, 0.2) is 0 Å². The van der Waals surface area contributed by atoms with E-state index < -0.39 is 0 Å². The number of benzene rings is 1. The molecule has 5 rings (SSSR count). The van der Waals surface area contributed by atoms with Gasteiger partial charge in [0, 0.05) is 49.3 Å². The summed E-state index contributed by atoms with van der Waals surface area (Å²) in [5.41, 5.74) is 3.65. The molecule has 2 amide bonds. The van der Waals surface area contributed by atoms with Crippen LogP contribution in [0.25, 0.3) is 11.3 Å². The summed E-state index contributed by atoms with van der Waals surface area (Å²) in [4.78, 5) is 40.3. The number of hydrogen-bond donors (Lipinski definition) is 2. The highest BCUT2D eigenvalue weighted by molar-refractivity contribution is 6.33. The molecule has 9 nitrogen and oxygen atoms in total. The molecular weight excluding hydrogens is 480 g/mol. The van der Waals surface area contributed by atoms with Crippen molar-refractivity contribution < 1.29 is 14.3 Å². The first-order valence-corrected chi connectivity index (χ1v) is 12.3. The molecular formula is C26H27ClN6O3. The Labute approximate surface area is 214 Å². The monoisotopic (exact) mass is 506 g/mol. The minimum absolute atomic E-state index is 0.0221. The molecule has 186 valence electrons. The average Bonchev–Trinajstić information content (AvgIpc) is 3.20. The largest absolute Gasteiger partial charge is 0.381 e. The van der Waals surface area contributed by atoms with E-state index in [4.69, 9.17) is 16.3 Å². The zero-order valence-electron chi connectivity index (χ0n) is 19.9. The average molecular weight is 507 g/mol. The number of anilines is 1. The van der Waals surface area contributed by atoms with Gasteiger partial charge in [-0.2, -0.15) is 0 Å². The van der Waals surface area contributed by atoms with Crippen molar-refractivity contribution >= 4 is 29.4 Å². The molecule has 0 radical (unpaired) electrons. The van der Waals surface area contributed by atoms with E-state index in [1.165, 1.54) is 0 Å². The summed E-state index contributed by atoms with van der Waals surface area (Å²) in [6.07, 6.45) is 6.72. The van der Waals surface area contributed by atoms with Crippen molar-refractivity contribution in [2.75, 3.05) is 25.1 Å². The van der Waals surface area contributed by atoms with E-state index in [9.17, 15) is 9.59 Å². The third-order valence-corrected chi connectivity index (χ3v) is 6.76. The van der Waals surface area contributed by atoms with E-state index in [0.717, 1.165) is 29.5 Å². The van der Waals surface area contributed by atoms with Gasteiger partial charge in [-0.15, -0.1) is 0 Å². The summed E-state index contributed by atoms with van der Waals surface area (Å²) in [6.45, 7) is 3.67. The molecule has 0 aliphatic carbocycles. The molecule has 3 aromatic rings. The summed E-state index contributed by atoms with van der Waals surface area (Å²) in [7, 11) is 0. The van der Waals surface area contributed by atoms with Crippen LogP contribution in [0.4, 0.5) is 5.95 Å². The highest BCUT2D eigenvalue weighted by Gasteiger charge is 2.30. The number of carbonyl (C=O) groups is 2. The lowest BCUT2D eigenvalue weighted by molar-refractivity contribution is -0.122. The van der Waals surface area contributed by atoms with E-state index in [0.29, 0.717) is 42.0 Å². The third-order valence-electron chi connectivity index (χ3n) is 6.48. The number of nitrogens with one attached hydrogen (secondary N) is 2. The first-order valence-electron chi connectivity index (χ1n) is 12.0. The van der Waals surface area contributed by atoms with Crippen LogP contribution in [0.2, 0.25) is 5.02 Å². The lowest BCUT2D eigenvalue weighted by Crippen LogP contribution is -2.38. The number of amides is 2. The quantitative estimate of drug-likeness (QED) is 0.503. The minimum atomic E-state index is -0.219. The molecule has 0 saturated carbocycles. The molecule has 2 aliphatic rings. The number of hydrogen-bond acceptors (Lipinski definition) is 7. The molecule has 2 aromatic heterocycles. The van der Waals surface area contributed by atoms with E-state index in [1.54, 1.807) is 29.6 Å². The Morgan fingerprint density at radius 1 is 1.22 bits per heavy atom. The Morgan fingerprint density at radius 3 is 2.78 bits per heavy atom. The second kappa shape index (κ2) is 10.6. The van der Waals surface area contributed by atoms with Gasteiger partial charge >= 0.3 is 0 Å². The number of ether oxygens (including phenoxy) is 1.